The second-order valence-corrected chi connectivity index (χ2v) is 4.54. The third-order valence-electron chi connectivity index (χ3n) is 1.70. The van der Waals surface area contributed by atoms with Gasteiger partial charge in [-0.05, 0) is 13.3 Å². The fourth-order valence-corrected chi connectivity index (χ4v) is 1.13. The van der Waals surface area contributed by atoms with Crippen molar-refractivity contribution in [3.8, 4) is 0 Å². The van der Waals surface area contributed by atoms with E-state index in [9.17, 15) is 8.42 Å². The summed E-state index contributed by atoms with van der Waals surface area (Å²) in [6.45, 7) is 0.776. The standard InChI is InChI=1S/C5H13NO4S/c1-5(4-6,2-3-7)11(8,9)10/h7H,2-4,6H2,1H3,(H,8,9,10). The lowest BCUT2D eigenvalue weighted by Gasteiger charge is -2.22. The number of hydrogen-bond donors (Lipinski definition) is 3. The molecule has 0 heterocycles. The van der Waals surface area contributed by atoms with Gasteiger partial charge in [0.2, 0.25) is 0 Å². The molecule has 1 unspecified atom stereocenters. The average Bonchev–Trinajstić information content (AvgIpc) is 1.86. The molecular formula is C5H13NO4S. The topological polar surface area (TPSA) is 101 Å². The third kappa shape index (κ3) is 2.41. The van der Waals surface area contributed by atoms with E-state index in [0.29, 0.717) is 0 Å². The summed E-state index contributed by atoms with van der Waals surface area (Å²) in [5, 5.41) is 8.47. The molecule has 0 bridgehead atoms. The molecule has 0 aliphatic carbocycles. The molecule has 0 aromatic heterocycles. The maximum atomic E-state index is 10.6. The van der Waals surface area contributed by atoms with Crippen LogP contribution < -0.4 is 5.73 Å². The van der Waals surface area contributed by atoms with Gasteiger partial charge in [-0.1, -0.05) is 0 Å². The summed E-state index contributed by atoms with van der Waals surface area (Å²) < 4.78 is 28.5. The minimum absolute atomic E-state index is 0.0532. The van der Waals surface area contributed by atoms with Crippen LogP contribution in [0.4, 0.5) is 0 Å². The van der Waals surface area contributed by atoms with Gasteiger partial charge in [-0.3, -0.25) is 4.55 Å². The van der Waals surface area contributed by atoms with E-state index >= 15 is 0 Å². The highest BCUT2D eigenvalue weighted by molar-refractivity contribution is 7.87. The molecule has 0 saturated carbocycles. The van der Waals surface area contributed by atoms with Crippen LogP contribution in [-0.2, 0) is 10.1 Å². The Bertz CT molecular complexity index is 213. The summed E-state index contributed by atoms with van der Waals surface area (Å²) in [5.41, 5.74) is 5.13. The molecule has 0 fully saturated rings. The molecule has 4 N–H and O–H groups in total. The normalized spacial score (nSPS) is 17.8. The molecule has 0 radical (unpaired) electrons. The van der Waals surface area contributed by atoms with Crippen LogP contribution in [0.5, 0.6) is 0 Å². The number of rotatable bonds is 4. The Morgan fingerprint density at radius 3 is 2.09 bits per heavy atom. The smallest absolute Gasteiger partial charge is 0.271 e. The lowest BCUT2D eigenvalue weighted by Crippen LogP contribution is -2.43. The van der Waals surface area contributed by atoms with E-state index in [2.05, 4.69) is 0 Å². The zero-order chi connectivity index (χ0) is 9.12. The Kier molecular flexibility index (Phi) is 3.43. The first-order chi connectivity index (χ1) is 4.87. The molecule has 0 saturated heterocycles. The Morgan fingerprint density at radius 1 is 1.55 bits per heavy atom. The van der Waals surface area contributed by atoms with Crippen LogP contribution >= 0.6 is 0 Å². The molecule has 6 heteroatoms. The minimum Gasteiger partial charge on any atom is -0.396 e. The largest absolute Gasteiger partial charge is 0.396 e. The molecular weight excluding hydrogens is 170 g/mol. The lowest BCUT2D eigenvalue weighted by atomic mass is 10.1. The number of aliphatic hydroxyl groups excluding tert-OH is 1. The SMILES string of the molecule is CC(CN)(CCO)S(=O)(=O)O. The highest BCUT2D eigenvalue weighted by atomic mass is 32.2. The van der Waals surface area contributed by atoms with Gasteiger partial charge in [0.05, 0.1) is 0 Å². The van der Waals surface area contributed by atoms with Crippen LogP contribution in [0.3, 0.4) is 0 Å². The maximum Gasteiger partial charge on any atom is 0.271 e. The summed E-state index contributed by atoms with van der Waals surface area (Å²) in [4.78, 5) is 0. The maximum absolute atomic E-state index is 10.6. The van der Waals surface area contributed by atoms with E-state index in [1.165, 1.54) is 6.92 Å². The molecule has 1 atom stereocenters. The number of nitrogens with two attached hydrogens (primary N) is 1. The Morgan fingerprint density at radius 2 is 2.00 bits per heavy atom. The van der Waals surface area contributed by atoms with Crippen LogP contribution in [0.2, 0.25) is 0 Å². The molecule has 0 spiro atoms. The van der Waals surface area contributed by atoms with E-state index in [4.69, 9.17) is 15.4 Å². The fourth-order valence-electron chi connectivity index (χ4n) is 0.573. The van der Waals surface area contributed by atoms with Crippen LogP contribution in [0, 0.1) is 0 Å². The first-order valence-corrected chi connectivity index (χ1v) is 4.59. The summed E-state index contributed by atoms with van der Waals surface area (Å²) in [6.07, 6.45) is -0.0532. The molecule has 11 heavy (non-hydrogen) atoms. The van der Waals surface area contributed by atoms with Gasteiger partial charge >= 0.3 is 0 Å². The van der Waals surface area contributed by atoms with E-state index in [0.717, 1.165) is 0 Å². The first-order valence-electron chi connectivity index (χ1n) is 3.15. The second kappa shape index (κ2) is 3.48. The summed E-state index contributed by atoms with van der Waals surface area (Å²) >= 11 is 0. The molecule has 0 aromatic rings. The van der Waals surface area contributed by atoms with Crippen LogP contribution in [0.15, 0.2) is 0 Å². The van der Waals surface area contributed by atoms with Gasteiger partial charge in [-0.25, -0.2) is 0 Å². The monoisotopic (exact) mass is 183 g/mol. The molecule has 0 rings (SSSR count). The predicted molar refractivity (Wildman–Crippen MR) is 40.7 cm³/mol. The zero-order valence-electron chi connectivity index (χ0n) is 6.32. The fraction of sp³-hybridized carbons (Fsp3) is 1.00. The van der Waals surface area contributed by atoms with Crippen molar-refractivity contribution in [1.29, 1.82) is 0 Å². The third-order valence-corrected chi connectivity index (χ3v) is 3.31. The zero-order valence-corrected chi connectivity index (χ0v) is 7.13. The average molecular weight is 183 g/mol. The van der Waals surface area contributed by atoms with Crippen molar-refractivity contribution in [2.75, 3.05) is 13.2 Å². The quantitative estimate of drug-likeness (QED) is 0.484. The molecule has 68 valence electrons. The van der Waals surface area contributed by atoms with E-state index in [1.54, 1.807) is 0 Å². The van der Waals surface area contributed by atoms with Crippen LogP contribution in [-0.4, -0.2) is 36.0 Å². The minimum atomic E-state index is -4.16. The Labute approximate surface area is 66.0 Å². The van der Waals surface area contributed by atoms with Crippen molar-refractivity contribution in [3.63, 3.8) is 0 Å². The summed E-state index contributed by atoms with van der Waals surface area (Å²) in [7, 11) is -4.16. The van der Waals surface area contributed by atoms with Crippen LogP contribution in [0.1, 0.15) is 13.3 Å². The predicted octanol–water partition coefficient (Wildman–Crippen LogP) is -1.03. The Balaban J connectivity index is 4.61. The number of aliphatic hydroxyl groups is 1. The summed E-state index contributed by atoms with van der Waals surface area (Å²) in [5.74, 6) is 0. The van der Waals surface area contributed by atoms with E-state index < -0.39 is 14.9 Å². The highest BCUT2D eigenvalue weighted by Crippen LogP contribution is 2.17. The van der Waals surface area contributed by atoms with Crippen molar-refractivity contribution in [2.45, 2.75) is 18.1 Å². The van der Waals surface area contributed by atoms with Gasteiger partial charge < -0.3 is 10.8 Å². The molecule has 0 aliphatic rings. The van der Waals surface area contributed by atoms with Crippen molar-refractivity contribution in [3.05, 3.63) is 0 Å². The number of hydrogen-bond acceptors (Lipinski definition) is 4. The van der Waals surface area contributed by atoms with Crippen molar-refractivity contribution >= 4 is 10.1 Å². The first kappa shape index (κ1) is 10.8. The lowest BCUT2D eigenvalue weighted by molar-refractivity contribution is 0.264. The van der Waals surface area contributed by atoms with Gasteiger partial charge in [-0.2, -0.15) is 8.42 Å². The second-order valence-electron chi connectivity index (χ2n) is 2.60. The molecule has 0 amide bonds. The van der Waals surface area contributed by atoms with Crippen molar-refractivity contribution < 1.29 is 18.1 Å². The van der Waals surface area contributed by atoms with E-state index in [-0.39, 0.29) is 19.6 Å². The van der Waals surface area contributed by atoms with Crippen molar-refractivity contribution in [1.82, 2.24) is 0 Å². The van der Waals surface area contributed by atoms with Gasteiger partial charge in [0, 0.05) is 13.2 Å². The molecule has 0 aromatic carbocycles. The van der Waals surface area contributed by atoms with Gasteiger partial charge in [0.15, 0.2) is 0 Å². The van der Waals surface area contributed by atoms with Crippen molar-refractivity contribution in [2.24, 2.45) is 5.73 Å². The molecule has 5 nitrogen and oxygen atoms in total. The van der Waals surface area contributed by atoms with E-state index in [1.807, 2.05) is 0 Å². The Hall–Kier alpha value is -0.170. The summed E-state index contributed by atoms with van der Waals surface area (Å²) in [6, 6.07) is 0. The highest BCUT2D eigenvalue weighted by Gasteiger charge is 2.35. The molecule has 0 aliphatic heterocycles. The van der Waals surface area contributed by atoms with Gasteiger partial charge in [0.1, 0.15) is 4.75 Å². The van der Waals surface area contributed by atoms with Gasteiger partial charge in [-0.15, -0.1) is 0 Å². The van der Waals surface area contributed by atoms with Crippen LogP contribution in [0.25, 0.3) is 0 Å². The van der Waals surface area contributed by atoms with Gasteiger partial charge in [0.25, 0.3) is 10.1 Å².